The summed E-state index contributed by atoms with van der Waals surface area (Å²) in [6.45, 7) is 0. The van der Waals surface area contributed by atoms with E-state index in [0.717, 1.165) is 32.1 Å². The van der Waals surface area contributed by atoms with Gasteiger partial charge in [0, 0.05) is 5.41 Å². The van der Waals surface area contributed by atoms with Crippen molar-refractivity contribution in [3.8, 4) is 11.5 Å². The smallest absolute Gasteiger partial charge is 0.115 e. The number of rotatable bonds is 2. The molecule has 0 spiro atoms. The first kappa shape index (κ1) is 17.1. The summed E-state index contributed by atoms with van der Waals surface area (Å²) >= 11 is 0. The van der Waals surface area contributed by atoms with Gasteiger partial charge in [-0.3, -0.25) is 0 Å². The number of benzene rings is 3. The van der Waals surface area contributed by atoms with E-state index in [9.17, 15) is 10.2 Å². The lowest BCUT2D eigenvalue weighted by atomic mass is 9.62. The molecule has 0 saturated heterocycles. The summed E-state index contributed by atoms with van der Waals surface area (Å²) in [5.41, 5.74) is 4.89. The summed E-state index contributed by atoms with van der Waals surface area (Å²) in [4.78, 5) is 0. The van der Waals surface area contributed by atoms with Gasteiger partial charge in [0.15, 0.2) is 0 Å². The van der Waals surface area contributed by atoms with Crippen LogP contribution >= 0.6 is 0 Å². The Morgan fingerprint density at radius 2 is 1.21 bits per heavy atom. The van der Waals surface area contributed by atoms with Crippen molar-refractivity contribution < 1.29 is 10.2 Å². The van der Waals surface area contributed by atoms with Gasteiger partial charge < -0.3 is 10.2 Å². The summed E-state index contributed by atoms with van der Waals surface area (Å²) < 4.78 is 0. The minimum Gasteiger partial charge on any atom is -0.508 e. The topological polar surface area (TPSA) is 40.5 Å². The molecule has 2 aliphatic rings. The van der Waals surface area contributed by atoms with Crippen LogP contribution in [0.5, 0.6) is 11.5 Å². The highest BCUT2D eigenvalue weighted by Gasteiger charge is 2.40. The molecule has 2 N–H and O–H groups in total. The Labute approximate surface area is 165 Å². The summed E-state index contributed by atoms with van der Waals surface area (Å²) in [6.07, 6.45) is 10.1. The van der Waals surface area contributed by atoms with Crippen molar-refractivity contribution in [1.82, 2.24) is 0 Å². The van der Waals surface area contributed by atoms with Crippen LogP contribution in [0.4, 0.5) is 0 Å². The van der Waals surface area contributed by atoms with E-state index in [1.165, 1.54) is 32.7 Å². The van der Waals surface area contributed by atoms with E-state index >= 15 is 0 Å². The second-order valence-electron chi connectivity index (χ2n) is 7.98. The first-order chi connectivity index (χ1) is 13.7. The molecule has 2 aliphatic carbocycles. The molecule has 0 unspecified atom stereocenters. The van der Waals surface area contributed by atoms with Crippen LogP contribution in [0.3, 0.4) is 0 Å². The zero-order chi connectivity index (χ0) is 19.1. The van der Waals surface area contributed by atoms with Gasteiger partial charge in [-0.05, 0) is 95.1 Å². The molecule has 3 aromatic rings. The molecule has 0 bridgehead atoms. The highest BCUT2D eigenvalue weighted by molar-refractivity contribution is 5.57. The highest BCUT2D eigenvalue weighted by atomic mass is 16.3. The molecule has 3 aromatic carbocycles. The van der Waals surface area contributed by atoms with E-state index in [4.69, 9.17) is 0 Å². The monoisotopic (exact) mass is 368 g/mol. The Morgan fingerprint density at radius 3 is 1.79 bits per heavy atom. The molecular formula is C26H24O2. The normalized spacial score (nSPS) is 17.0. The number of hydrogen-bond donors (Lipinski definition) is 2. The van der Waals surface area contributed by atoms with E-state index in [1.807, 2.05) is 24.3 Å². The highest BCUT2D eigenvalue weighted by Crippen LogP contribution is 2.47. The quantitative estimate of drug-likeness (QED) is 0.714. The fourth-order valence-electron chi connectivity index (χ4n) is 5.05. The van der Waals surface area contributed by atoms with Crippen molar-refractivity contribution in [3.05, 3.63) is 93.4 Å². The van der Waals surface area contributed by atoms with Gasteiger partial charge >= 0.3 is 0 Å². The molecule has 0 aromatic heterocycles. The molecule has 0 heterocycles. The van der Waals surface area contributed by atoms with Gasteiger partial charge in [0.05, 0.1) is 0 Å². The Bertz CT molecular complexity index is 1090. The third kappa shape index (κ3) is 2.63. The first-order valence-electron chi connectivity index (χ1n) is 10.1. The van der Waals surface area contributed by atoms with Gasteiger partial charge in [-0.2, -0.15) is 0 Å². The zero-order valence-corrected chi connectivity index (χ0v) is 15.9. The number of aryl methyl sites for hydroxylation is 1. The van der Waals surface area contributed by atoms with Crippen molar-refractivity contribution >= 4 is 12.2 Å². The number of phenols is 2. The van der Waals surface area contributed by atoms with Crippen molar-refractivity contribution in [1.29, 1.82) is 0 Å². The van der Waals surface area contributed by atoms with Gasteiger partial charge in [-0.1, -0.05) is 42.5 Å². The van der Waals surface area contributed by atoms with E-state index in [1.54, 1.807) is 24.3 Å². The maximum atomic E-state index is 9.86. The molecule has 5 rings (SSSR count). The lowest BCUT2D eigenvalue weighted by Crippen LogP contribution is -2.38. The summed E-state index contributed by atoms with van der Waals surface area (Å²) in [7, 11) is 0. The molecule has 0 atom stereocenters. The molecule has 0 amide bonds. The van der Waals surface area contributed by atoms with Crippen LogP contribution in [0.1, 0.15) is 47.9 Å². The summed E-state index contributed by atoms with van der Waals surface area (Å²) in [5, 5.41) is 22.4. The van der Waals surface area contributed by atoms with Crippen LogP contribution in [-0.2, 0) is 11.8 Å². The van der Waals surface area contributed by atoms with Gasteiger partial charge in [0.1, 0.15) is 11.5 Å². The van der Waals surface area contributed by atoms with Crippen molar-refractivity contribution in [2.45, 2.75) is 37.5 Å². The molecule has 0 aliphatic heterocycles. The lowest BCUT2D eigenvalue weighted by molar-refractivity contribution is 0.468. The van der Waals surface area contributed by atoms with Gasteiger partial charge in [0.2, 0.25) is 0 Å². The molecule has 0 radical (unpaired) electrons. The number of aromatic hydroxyl groups is 2. The number of hydrogen-bond acceptors (Lipinski definition) is 2. The Hall–Kier alpha value is -3.00. The largest absolute Gasteiger partial charge is 0.508 e. The zero-order valence-electron chi connectivity index (χ0n) is 15.9. The Balaban J connectivity index is 1.84. The Kier molecular flexibility index (Phi) is 4.01. The maximum absolute atomic E-state index is 9.86. The molecule has 2 nitrogen and oxygen atoms in total. The first-order valence-corrected chi connectivity index (χ1v) is 10.1. The second-order valence-corrected chi connectivity index (χ2v) is 7.98. The average Bonchev–Trinajstić information content (AvgIpc) is 2.73. The van der Waals surface area contributed by atoms with Crippen LogP contribution in [0.25, 0.3) is 12.2 Å². The minimum absolute atomic E-state index is 0.269. The number of phenolic OH excluding ortho intramolecular Hbond substituents is 2. The molecule has 2 heteroatoms. The summed E-state index contributed by atoms with van der Waals surface area (Å²) in [5.74, 6) is 0.572. The standard InChI is InChI=1S/C26H24O2/c27-23-11-7-21(8-12-23)26(22-9-13-24(28)14-10-22)15-3-6-20-16-18-4-1-2-5-19(18)17-25(20)26/h4-5,7-14,16-17,27-28H,1-3,6,15H2. The average molecular weight is 368 g/mol. The third-order valence-corrected chi connectivity index (χ3v) is 6.38. The van der Waals surface area contributed by atoms with Gasteiger partial charge in [-0.15, -0.1) is 0 Å². The predicted octanol–water partition coefficient (Wildman–Crippen LogP) is 4.12. The maximum Gasteiger partial charge on any atom is 0.115 e. The molecule has 28 heavy (non-hydrogen) atoms. The minimum atomic E-state index is -0.269. The van der Waals surface area contributed by atoms with Crippen molar-refractivity contribution in [2.24, 2.45) is 0 Å². The third-order valence-electron chi connectivity index (χ3n) is 6.38. The van der Waals surface area contributed by atoms with Crippen molar-refractivity contribution in [3.63, 3.8) is 0 Å². The van der Waals surface area contributed by atoms with Crippen LogP contribution in [0.15, 0.2) is 60.7 Å². The van der Waals surface area contributed by atoms with E-state index in [-0.39, 0.29) is 16.9 Å². The number of fused-ring (bicyclic) bond motifs is 2. The molecule has 0 saturated carbocycles. The van der Waals surface area contributed by atoms with Crippen LogP contribution in [0, 0.1) is 0 Å². The van der Waals surface area contributed by atoms with Gasteiger partial charge in [0.25, 0.3) is 0 Å². The molecule has 140 valence electrons. The van der Waals surface area contributed by atoms with Crippen molar-refractivity contribution in [2.75, 3.05) is 0 Å². The SMILES string of the molecule is Oc1ccc(C2(c3ccc(O)cc3)CCCc3cc4c(cc32)=CCCC=4)cc1. The van der Waals surface area contributed by atoms with Crippen LogP contribution in [0.2, 0.25) is 0 Å². The Morgan fingerprint density at radius 1 is 0.679 bits per heavy atom. The molecule has 0 fully saturated rings. The lowest BCUT2D eigenvalue weighted by Gasteiger charge is -2.41. The fourth-order valence-corrected chi connectivity index (χ4v) is 5.05. The summed E-state index contributed by atoms with van der Waals surface area (Å²) in [6, 6.07) is 20.1. The van der Waals surface area contributed by atoms with E-state index in [0.29, 0.717) is 0 Å². The second kappa shape index (κ2) is 6.56. The predicted molar refractivity (Wildman–Crippen MR) is 113 cm³/mol. The fraction of sp³-hybridized carbons (Fsp3) is 0.231. The van der Waals surface area contributed by atoms with E-state index < -0.39 is 0 Å². The molecular weight excluding hydrogens is 344 g/mol. The van der Waals surface area contributed by atoms with E-state index in [2.05, 4.69) is 24.3 Å². The van der Waals surface area contributed by atoms with Crippen LogP contribution in [-0.4, -0.2) is 10.2 Å². The van der Waals surface area contributed by atoms with Gasteiger partial charge in [-0.25, -0.2) is 0 Å². The van der Waals surface area contributed by atoms with Crippen LogP contribution < -0.4 is 10.4 Å².